The van der Waals surface area contributed by atoms with Crippen LogP contribution in [0.25, 0.3) is 11.0 Å². The van der Waals surface area contributed by atoms with Crippen molar-refractivity contribution in [2.75, 3.05) is 19.8 Å². The summed E-state index contributed by atoms with van der Waals surface area (Å²) in [5.74, 6) is 0. The first-order chi connectivity index (χ1) is 9.54. The predicted octanol–water partition coefficient (Wildman–Crippen LogP) is 1.51. The molecule has 0 amide bonds. The first-order valence-corrected chi connectivity index (χ1v) is 6.79. The van der Waals surface area contributed by atoms with E-state index in [9.17, 15) is 5.11 Å². The van der Waals surface area contributed by atoms with Gasteiger partial charge in [0.2, 0.25) is 0 Å². The van der Waals surface area contributed by atoms with E-state index in [-0.39, 0.29) is 0 Å². The number of fused-ring (bicyclic) bond motifs is 1. The molecule has 0 saturated carbocycles. The standard InChI is InChI=1S/C15H21N3O2/c1-15(2,19)18-8-10-20-9-5-12-3-4-13-14(11-12)17-7-6-16-13/h3-4,6-7,11,18-19H,5,8-10H2,1-2H3. The van der Waals surface area contributed by atoms with Crippen LogP contribution < -0.4 is 5.32 Å². The van der Waals surface area contributed by atoms with Gasteiger partial charge in [-0.15, -0.1) is 0 Å². The van der Waals surface area contributed by atoms with Crippen molar-refractivity contribution in [3.8, 4) is 0 Å². The largest absolute Gasteiger partial charge is 0.380 e. The molecule has 1 aromatic heterocycles. The van der Waals surface area contributed by atoms with Crippen LogP contribution in [-0.2, 0) is 11.2 Å². The van der Waals surface area contributed by atoms with Gasteiger partial charge in [-0.05, 0) is 38.0 Å². The number of nitrogens with zero attached hydrogens (tertiary/aromatic N) is 2. The molecule has 108 valence electrons. The number of aliphatic hydroxyl groups is 1. The van der Waals surface area contributed by atoms with E-state index in [2.05, 4.69) is 21.4 Å². The molecule has 0 unspecified atom stereocenters. The summed E-state index contributed by atoms with van der Waals surface area (Å²) >= 11 is 0. The molecule has 2 rings (SSSR count). The average Bonchev–Trinajstić information content (AvgIpc) is 2.41. The maximum atomic E-state index is 9.47. The summed E-state index contributed by atoms with van der Waals surface area (Å²) in [6.07, 6.45) is 4.24. The molecule has 20 heavy (non-hydrogen) atoms. The van der Waals surface area contributed by atoms with E-state index in [4.69, 9.17) is 4.74 Å². The Morgan fingerprint density at radius 1 is 1.15 bits per heavy atom. The van der Waals surface area contributed by atoms with Crippen LogP contribution in [0.5, 0.6) is 0 Å². The van der Waals surface area contributed by atoms with Gasteiger partial charge in [-0.2, -0.15) is 0 Å². The van der Waals surface area contributed by atoms with Crippen LogP contribution in [0.1, 0.15) is 19.4 Å². The minimum atomic E-state index is -0.847. The lowest BCUT2D eigenvalue weighted by molar-refractivity contribution is 0.0319. The maximum Gasteiger partial charge on any atom is 0.110 e. The van der Waals surface area contributed by atoms with E-state index in [0.29, 0.717) is 19.8 Å². The zero-order valence-corrected chi connectivity index (χ0v) is 12.0. The van der Waals surface area contributed by atoms with Crippen LogP contribution in [-0.4, -0.2) is 40.6 Å². The first-order valence-electron chi connectivity index (χ1n) is 6.79. The smallest absolute Gasteiger partial charge is 0.110 e. The molecule has 0 aliphatic rings. The Labute approximate surface area is 119 Å². The topological polar surface area (TPSA) is 67.3 Å². The monoisotopic (exact) mass is 275 g/mol. The molecule has 0 aliphatic heterocycles. The molecule has 0 bridgehead atoms. The summed E-state index contributed by atoms with van der Waals surface area (Å²) < 4.78 is 5.54. The molecule has 2 N–H and O–H groups in total. The molecule has 0 saturated heterocycles. The Balaban J connectivity index is 1.73. The second-order valence-electron chi connectivity index (χ2n) is 5.23. The minimum absolute atomic E-state index is 0.581. The Kier molecular flexibility index (Phi) is 5.00. The third-order valence-electron chi connectivity index (χ3n) is 2.87. The fourth-order valence-electron chi connectivity index (χ4n) is 1.89. The fraction of sp³-hybridized carbons (Fsp3) is 0.467. The molecule has 1 heterocycles. The molecule has 5 nitrogen and oxygen atoms in total. The number of ether oxygens (including phenoxy) is 1. The third kappa shape index (κ3) is 4.85. The van der Waals surface area contributed by atoms with Gasteiger partial charge in [0.05, 0.1) is 24.2 Å². The third-order valence-corrected chi connectivity index (χ3v) is 2.87. The van der Waals surface area contributed by atoms with E-state index in [1.807, 2.05) is 12.1 Å². The highest BCUT2D eigenvalue weighted by Crippen LogP contribution is 2.11. The number of rotatable bonds is 7. The number of aromatic nitrogens is 2. The molecular weight excluding hydrogens is 254 g/mol. The minimum Gasteiger partial charge on any atom is -0.380 e. The van der Waals surface area contributed by atoms with Gasteiger partial charge in [0.1, 0.15) is 5.72 Å². The van der Waals surface area contributed by atoms with Crippen LogP contribution in [0.3, 0.4) is 0 Å². The molecule has 1 aromatic carbocycles. The maximum absolute atomic E-state index is 9.47. The quantitative estimate of drug-likeness (QED) is 0.592. The van der Waals surface area contributed by atoms with Crippen molar-refractivity contribution in [1.82, 2.24) is 15.3 Å². The lowest BCUT2D eigenvalue weighted by Crippen LogP contribution is -2.40. The number of benzene rings is 1. The van der Waals surface area contributed by atoms with Crippen molar-refractivity contribution in [3.63, 3.8) is 0 Å². The summed E-state index contributed by atoms with van der Waals surface area (Å²) in [5, 5.41) is 12.4. The summed E-state index contributed by atoms with van der Waals surface area (Å²) in [4.78, 5) is 8.53. The fourth-order valence-corrected chi connectivity index (χ4v) is 1.89. The highest BCUT2D eigenvalue weighted by molar-refractivity contribution is 5.74. The van der Waals surface area contributed by atoms with Gasteiger partial charge in [-0.25, -0.2) is 0 Å². The summed E-state index contributed by atoms with van der Waals surface area (Å²) in [6.45, 7) is 5.29. The normalized spacial score (nSPS) is 11.9. The molecule has 2 aromatic rings. The molecule has 0 fully saturated rings. The zero-order valence-electron chi connectivity index (χ0n) is 12.0. The lowest BCUT2D eigenvalue weighted by atomic mass is 10.1. The van der Waals surface area contributed by atoms with Crippen molar-refractivity contribution in [2.24, 2.45) is 0 Å². The Hall–Kier alpha value is -1.56. The first kappa shape index (κ1) is 14.8. The second-order valence-corrected chi connectivity index (χ2v) is 5.23. The summed E-state index contributed by atoms with van der Waals surface area (Å²) in [6, 6.07) is 6.07. The Morgan fingerprint density at radius 2 is 1.90 bits per heavy atom. The molecule has 5 heteroatoms. The number of nitrogens with one attached hydrogen (secondary N) is 1. The van der Waals surface area contributed by atoms with Crippen LogP contribution in [0.2, 0.25) is 0 Å². The van der Waals surface area contributed by atoms with Crippen LogP contribution in [0, 0.1) is 0 Å². The van der Waals surface area contributed by atoms with Crippen molar-refractivity contribution >= 4 is 11.0 Å². The van der Waals surface area contributed by atoms with Crippen molar-refractivity contribution in [1.29, 1.82) is 0 Å². The van der Waals surface area contributed by atoms with Gasteiger partial charge in [0.25, 0.3) is 0 Å². The van der Waals surface area contributed by atoms with E-state index >= 15 is 0 Å². The molecule has 0 spiro atoms. The van der Waals surface area contributed by atoms with E-state index in [0.717, 1.165) is 17.5 Å². The van der Waals surface area contributed by atoms with Gasteiger partial charge in [0, 0.05) is 18.9 Å². The van der Waals surface area contributed by atoms with Crippen LogP contribution in [0.4, 0.5) is 0 Å². The number of hydrogen-bond acceptors (Lipinski definition) is 5. The van der Waals surface area contributed by atoms with Crippen molar-refractivity contribution in [3.05, 3.63) is 36.2 Å². The van der Waals surface area contributed by atoms with Crippen LogP contribution in [0.15, 0.2) is 30.6 Å². The molecule has 0 aliphatic carbocycles. The summed E-state index contributed by atoms with van der Waals surface area (Å²) in [7, 11) is 0. The van der Waals surface area contributed by atoms with Gasteiger partial charge in [0.15, 0.2) is 0 Å². The van der Waals surface area contributed by atoms with E-state index < -0.39 is 5.72 Å². The van der Waals surface area contributed by atoms with Gasteiger partial charge in [-0.3, -0.25) is 15.3 Å². The summed E-state index contributed by atoms with van der Waals surface area (Å²) in [5.41, 5.74) is 2.16. The predicted molar refractivity (Wildman–Crippen MR) is 78.4 cm³/mol. The second kappa shape index (κ2) is 6.74. The van der Waals surface area contributed by atoms with Gasteiger partial charge < -0.3 is 9.84 Å². The lowest BCUT2D eigenvalue weighted by Gasteiger charge is -2.18. The van der Waals surface area contributed by atoms with Crippen LogP contribution >= 0.6 is 0 Å². The molecule has 0 atom stereocenters. The molecular formula is C15H21N3O2. The van der Waals surface area contributed by atoms with E-state index in [1.54, 1.807) is 26.2 Å². The Bertz CT molecular complexity index is 552. The van der Waals surface area contributed by atoms with Crippen molar-refractivity contribution < 1.29 is 9.84 Å². The van der Waals surface area contributed by atoms with Gasteiger partial charge in [-0.1, -0.05) is 6.07 Å². The van der Waals surface area contributed by atoms with E-state index in [1.165, 1.54) is 5.56 Å². The van der Waals surface area contributed by atoms with Gasteiger partial charge >= 0.3 is 0 Å². The SMILES string of the molecule is CC(C)(O)NCCOCCc1ccc2nccnc2c1. The highest BCUT2D eigenvalue weighted by Gasteiger charge is 2.09. The zero-order chi connectivity index (χ0) is 14.4. The highest BCUT2D eigenvalue weighted by atomic mass is 16.5. The molecule has 0 radical (unpaired) electrons. The average molecular weight is 275 g/mol. The Morgan fingerprint density at radius 3 is 2.65 bits per heavy atom. The number of hydrogen-bond donors (Lipinski definition) is 2. The van der Waals surface area contributed by atoms with Crippen molar-refractivity contribution in [2.45, 2.75) is 26.0 Å².